The van der Waals surface area contributed by atoms with Crippen molar-refractivity contribution in [2.24, 2.45) is 0 Å². The molecule has 0 aliphatic rings. The molecule has 0 atom stereocenters. The van der Waals surface area contributed by atoms with E-state index in [0.29, 0.717) is 6.54 Å². The Morgan fingerprint density at radius 2 is 1.92 bits per heavy atom. The first-order valence-corrected chi connectivity index (χ1v) is 4.32. The third kappa shape index (κ3) is 3.51. The molecule has 0 fully saturated rings. The summed E-state index contributed by atoms with van der Waals surface area (Å²) >= 11 is 0. The molecule has 0 saturated heterocycles. The smallest absolute Gasteiger partial charge is 0.0205 e. The molecule has 2 N–H and O–H groups in total. The van der Waals surface area contributed by atoms with Crippen molar-refractivity contribution in [1.29, 1.82) is 0 Å². The van der Waals surface area contributed by atoms with Gasteiger partial charge in [-0.05, 0) is 18.5 Å². The van der Waals surface area contributed by atoms with E-state index in [1.54, 1.807) is 0 Å². The van der Waals surface area contributed by atoms with Crippen LogP contribution in [0.15, 0.2) is 30.3 Å². The minimum absolute atomic E-state index is 0.516. The van der Waals surface area contributed by atoms with E-state index in [1.165, 1.54) is 5.56 Å². The predicted molar refractivity (Wildman–Crippen MR) is 50.7 cm³/mol. The molecular weight excluding hydrogens is 148 g/mol. The van der Waals surface area contributed by atoms with Gasteiger partial charge in [0.05, 0.1) is 0 Å². The first-order chi connectivity index (χ1) is 5.93. The molecule has 0 aliphatic heterocycles. The Kier molecular flexibility index (Phi) is 4.42. The minimum atomic E-state index is 0.516. The molecule has 1 aromatic rings. The summed E-state index contributed by atoms with van der Waals surface area (Å²) in [7, 11) is 0. The molecule has 12 heavy (non-hydrogen) atoms. The summed E-state index contributed by atoms with van der Waals surface area (Å²) in [5.74, 6) is 0. The van der Waals surface area contributed by atoms with Gasteiger partial charge in [0.25, 0.3) is 0 Å². The van der Waals surface area contributed by atoms with Crippen LogP contribution in [-0.2, 0) is 6.54 Å². The summed E-state index contributed by atoms with van der Waals surface area (Å²) in [6.45, 7) is 2.38. The maximum Gasteiger partial charge on any atom is 0.0205 e. The quantitative estimate of drug-likeness (QED) is 0.655. The fourth-order valence-electron chi connectivity index (χ4n) is 1.04. The van der Waals surface area contributed by atoms with E-state index in [1.807, 2.05) is 18.2 Å². The minimum Gasteiger partial charge on any atom is -0.313 e. The van der Waals surface area contributed by atoms with Gasteiger partial charge in [0.15, 0.2) is 0 Å². The van der Waals surface area contributed by atoms with Gasteiger partial charge in [-0.25, -0.2) is 0 Å². The monoisotopic (exact) mass is 163 g/mol. The Hall–Kier alpha value is -0.860. The molecule has 0 heterocycles. The lowest BCUT2D eigenvalue weighted by Crippen LogP contribution is -2.15. The van der Waals surface area contributed by atoms with E-state index in [-0.39, 0.29) is 0 Å². The molecule has 0 saturated carbocycles. The highest BCUT2D eigenvalue weighted by Crippen LogP contribution is 1.96. The summed E-state index contributed by atoms with van der Waals surface area (Å²) in [6.07, 6.45) is 0.937. The largest absolute Gasteiger partial charge is 0.313 e. The van der Waals surface area contributed by atoms with Crippen molar-refractivity contribution < 1.29 is 0 Å². The molecule has 1 rings (SSSR count). The zero-order valence-electron chi connectivity index (χ0n) is 7.22. The van der Waals surface area contributed by atoms with Gasteiger partial charge in [0.1, 0.15) is 0 Å². The van der Waals surface area contributed by atoms with Gasteiger partial charge >= 0.3 is 0 Å². The highest BCUT2D eigenvalue weighted by molar-refractivity contribution is 5.14. The van der Waals surface area contributed by atoms with Gasteiger partial charge in [0.2, 0.25) is 0 Å². The Balaban J connectivity index is 2.16. The van der Waals surface area contributed by atoms with E-state index in [0.717, 1.165) is 19.5 Å². The zero-order chi connectivity index (χ0) is 8.65. The highest BCUT2D eigenvalue weighted by atomic mass is 14.8. The third-order valence-corrected chi connectivity index (χ3v) is 1.70. The lowest BCUT2D eigenvalue weighted by Gasteiger charge is -2.02. The Bertz CT molecular complexity index is 196. The van der Waals surface area contributed by atoms with Gasteiger partial charge in [-0.1, -0.05) is 30.3 Å². The Morgan fingerprint density at radius 3 is 2.58 bits per heavy atom. The van der Waals surface area contributed by atoms with Crippen molar-refractivity contribution in [1.82, 2.24) is 11.1 Å². The van der Waals surface area contributed by atoms with Crippen molar-refractivity contribution in [2.75, 3.05) is 13.1 Å². The summed E-state index contributed by atoms with van der Waals surface area (Å²) in [4.78, 5) is 0. The topological polar surface area (TPSA) is 35.8 Å². The second-order valence-electron chi connectivity index (χ2n) is 2.77. The summed E-state index contributed by atoms with van der Waals surface area (Å²) in [5.41, 5.74) is 8.25. The van der Waals surface area contributed by atoms with E-state index in [2.05, 4.69) is 17.4 Å². The maximum atomic E-state index is 6.95. The fraction of sp³-hybridized carbons (Fsp3) is 0.400. The lowest BCUT2D eigenvalue weighted by molar-refractivity contribution is 0.651. The summed E-state index contributed by atoms with van der Waals surface area (Å²) < 4.78 is 0. The number of hydrogen-bond donors (Lipinski definition) is 1. The average Bonchev–Trinajstić information content (AvgIpc) is 2.14. The second kappa shape index (κ2) is 5.75. The third-order valence-electron chi connectivity index (χ3n) is 1.70. The van der Waals surface area contributed by atoms with Gasteiger partial charge in [-0.15, -0.1) is 0 Å². The molecule has 0 amide bonds. The zero-order valence-corrected chi connectivity index (χ0v) is 7.22. The standard InChI is InChI=1S/C10H15N2/c11-7-4-8-12-9-10-5-2-1-3-6-10/h1-3,5-6,11-12H,4,7-9H2. The van der Waals surface area contributed by atoms with Crippen molar-refractivity contribution in [3.63, 3.8) is 0 Å². The normalized spacial score (nSPS) is 10.1. The molecule has 0 unspecified atom stereocenters. The molecule has 1 aromatic carbocycles. The SMILES string of the molecule is [NH]CCCNCc1ccccc1. The highest BCUT2D eigenvalue weighted by Gasteiger charge is 1.88. The van der Waals surface area contributed by atoms with Crippen LogP contribution in [0.25, 0.3) is 0 Å². The predicted octanol–water partition coefficient (Wildman–Crippen LogP) is 1.45. The van der Waals surface area contributed by atoms with E-state index < -0.39 is 0 Å². The van der Waals surface area contributed by atoms with Crippen LogP contribution in [0.4, 0.5) is 0 Å². The average molecular weight is 163 g/mol. The van der Waals surface area contributed by atoms with Crippen LogP contribution in [0.2, 0.25) is 0 Å². The maximum absolute atomic E-state index is 6.95. The van der Waals surface area contributed by atoms with Crippen LogP contribution in [0, 0.1) is 0 Å². The second-order valence-corrected chi connectivity index (χ2v) is 2.77. The molecule has 0 bridgehead atoms. The molecule has 0 spiro atoms. The molecule has 1 radical (unpaired) electrons. The molecule has 2 nitrogen and oxygen atoms in total. The van der Waals surface area contributed by atoms with E-state index >= 15 is 0 Å². The fourth-order valence-corrected chi connectivity index (χ4v) is 1.04. The summed E-state index contributed by atoms with van der Waals surface area (Å²) in [6, 6.07) is 10.3. The van der Waals surface area contributed by atoms with Gasteiger partial charge in [-0.2, -0.15) is 0 Å². The van der Waals surface area contributed by atoms with Crippen molar-refractivity contribution in [3.8, 4) is 0 Å². The Morgan fingerprint density at radius 1 is 1.17 bits per heavy atom. The number of hydrogen-bond acceptors (Lipinski definition) is 1. The molecule has 2 heteroatoms. The van der Waals surface area contributed by atoms with Crippen molar-refractivity contribution in [2.45, 2.75) is 13.0 Å². The molecule has 65 valence electrons. The van der Waals surface area contributed by atoms with Crippen LogP contribution in [0.1, 0.15) is 12.0 Å². The van der Waals surface area contributed by atoms with E-state index in [4.69, 9.17) is 5.73 Å². The van der Waals surface area contributed by atoms with Gasteiger partial charge in [-0.3, -0.25) is 5.73 Å². The van der Waals surface area contributed by atoms with Crippen LogP contribution in [0.3, 0.4) is 0 Å². The van der Waals surface area contributed by atoms with Crippen LogP contribution >= 0.6 is 0 Å². The first-order valence-electron chi connectivity index (χ1n) is 4.32. The molecule has 0 aliphatic carbocycles. The van der Waals surface area contributed by atoms with E-state index in [9.17, 15) is 0 Å². The number of benzene rings is 1. The summed E-state index contributed by atoms with van der Waals surface area (Å²) in [5, 5.41) is 3.28. The van der Waals surface area contributed by atoms with Gasteiger partial charge in [0, 0.05) is 13.1 Å². The number of nitrogens with one attached hydrogen (secondary N) is 2. The van der Waals surface area contributed by atoms with Crippen molar-refractivity contribution in [3.05, 3.63) is 35.9 Å². The van der Waals surface area contributed by atoms with Crippen LogP contribution < -0.4 is 11.1 Å². The van der Waals surface area contributed by atoms with Crippen LogP contribution in [0.5, 0.6) is 0 Å². The first kappa shape index (κ1) is 9.23. The number of rotatable bonds is 5. The molecule has 0 aromatic heterocycles. The Labute approximate surface area is 73.8 Å². The van der Waals surface area contributed by atoms with Crippen LogP contribution in [-0.4, -0.2) is 13.1 Å². The van der Waals surface area contributed by atoms with Gasteiger partial charge < -0.3 is 5.32 Å². The van der Waals surface area contributed by atoms with Crippen molar-refractivity contribution >= 4 is 0 Å². The lowest BCUT2D eigenvalue weighted by atomic mass is 10.2. The molecular formula is C10H15N2.